The van der Waals surface area contributed by atoms with E-state index < -0.39 is 12.3 Å². The summed E-state index contributed by atoms with van der Waals surface area (Å²) < 4.78 is 9.99. The minimum atomic E-state index is -0.982. The molecule has 20 heavy (non-hydrogen) atoms. The van der Waals surface area contributed by atoms with Gasteiger partial charge in [0.1, 0.15) is 6.61 Å². The van der Waals surface area contributed by atoms with Gasteiger partial charge in [0.05, 0.1) is 5.56 Å². The van der Waals surface area contributed by atoms with E-state index in [1.807, 2.05) is 30.3 Å². The van der Waals surface area contributed by atoms with Gasteiger partial charge in [-0.05, 0) is 17.7 Å². The molecule has 0 fully saturated rings. The molecule has 4 heteroatoms. The van der Waals surface area contributed by atoms with Crippen LogP contribution in [0.2, 0.25) is 0 Å². The van der Waals surface area contributed by atoms with E-state index in [4.69, 9.17) is 9.47 Å². The van der Waals surface area contributed by atoms with Gasteiger partial charge in [0, 0.05) is 12.7 Å². The first-order valence-electron chi connectivity index (χ1n) is 6.22. The Morgan fingerprint density at radius 1 is 1.10 bits per heavy atom. The van der Waals surface area contributed by atoms with Crippen LogP contribution in [0.4, 0.5) is 0 Å². The van der Waals surface area contributed by atoms with Gasteiger partial charge in [-0.15, -0.1) is 0 Å². The van der Waals surface area contributed by atoms with Crippen molar-refractivity contribution < 1.29 is 19.4 Å². The summed E-state index contributed by atoms with van der Waals surface area (Å²) in [7, 11) is 1.41. The number of hydrogen-bond acceptors (Lipinski definition) is 4. The van der Waals surface area contributed by atoms with Crippen LogP contribution in [-0.2, 0) is 16.1 Å². The summed E-state index contributed by atoms with van der Waals surface area (Å²) in [6, 6.07) is 16.0. The van der Waals surface area contributed by atoms with Crippen molar-refractivity contribution in [1.82, 2.24) is 0 Å². The van der Waals surface area contributed by atoms with Crippen LogP contribution >= 0.6 is 0 Å². The number of aliphatic hydroxyl groups excluding tert-OH is 1. The van der Waals surface area contributed by atoms with Crippen molar-refractivity contribution in [2.75, 3.05) is 7.11 Å². The third kappa shape index (κ3) is 3.66. The first-order chi connectivity index (χ1) is 9.70. The lowest BCUT2D eigenvalue weighted by Gasteiger charge is -2.09. The Bertz CT molecular complexity index is 548. The maximum Gasteiger partial charge on any atom is 0.338 e. The summed E-state index contributed by atoms with van der Waals surface area (Å²) in [5, 5.41) is 9.47. The van der Waals surface area contributed by atoms with Gasteiger partial charge in [0.2, 0.25) is 0 Å². The number of hydrogen-bond donors (Lipinski definition) is 1. The zero-order chi connectivity index (χ0) is 14.4. The monoisotopic (exact) mass is 272 g/mol. The number of methoxy groups -OCH3 is 1. The first-order valence-corrected chi connectivity index (χ1v) is 6.22. The number of carbonyl (C=O) groups is 1. The molecule has 2 aromatic rings. The number of aliphatic hydroxyl groups is 1. The van der Waals surface area contributed by atoms with E-state index in [1.54, 1.807) is 24.3 Å². The Kier molecular flexibility index (Phi) is 4.87. The van der Waals surface area contributed by atoms with Gasteiger partial charge in [0.15, 0.2) is 6.29 Å². The second-order valence-corrected chi connectivity index (χ2v) is 4.27. The Labute approximate surface area is 117 Å². The zero-order valence-electron chi connectivity index (χ0n) is 11.2. The van der Waals surface area contributed by atoms with Crippen molar-refractivity contribution in [2.24, 2.45) is 0 Å². The molecule has 4 nitrogen and oxygen atoms in total. The van der Waals surface area contributed by atoms with Crippen LogP contribution in [0.3, 0.4) is 0 Å². The molecule has 0 saturated carbocycles. The van der Waals surface area contributed by atoms with Crippen molar-refractivity contribution in [1.29, 1.82) is 0 Å². The third-order valence-electron chi connectivity index (χ3n) is 2.87. The van der Waals surface area contributed by atoms with Crippen LogP contribution in [0, 0.1) is 0 Å². The molecule has 0 radical (unpaired) electrons. The lowest BCUT2D eigenvalue weighted by Crippen LogP contribution is -2.06. The van der Waals surface area contributed by atoms with E-state index in [0.717, 1.165) is 5.56 Å². The zero-order valence-corrected chi connectivity index (χ0v) is 11.2. The summed E-state index contributed by atoms with van der Waals surface area (Å²) >= 11 is 0. The molecule has 0 aliphatic rings. The van der Waals surface area contributed by atoms with Crippen LogP contribution in [0.25, 0.3) is 0 Å². The molecule has 2 rings (SSSR count). The molecule has 0 bridgehead atoms. The number of benzene rings is 2. The topological polar surface area (TPSA) is 55.8 Å². The Balaban J connectivity index is 1.96. The number of rotatable bonds is 5. The highest BCUT2D eigenvalue weighted by Gasteiger charge is 2.10. The Morgan fingerprint density at radius 3 is 2.35 bits per heavy atom. The van der Waals surface area contributed by atoms with Gasteiger partial charge >= 0.3 is 5.97 Å². The lowest BCUT2D eigenvalue weighted by molar-refractivity contribution is -0.0769. The molecular formula is C16H16O4. The van der Waals surface area contributed by atoms with E-state index in [1.165, 1.54) is 7.11 Å². The Morgan fingerprint density at radius 2 is 1.75 bits per heavy atom. The van der Waals surface area contributed by atoms with Crippen molar-refractivity contribution in [3.63, 3.8) is 0 Å². The summed E-state index contributed by atoms with van der Waals surface area (Å²) in [5.41, 5.74) is 1.97. The Hall–Kier alpha value is -2.17. The minimum Gasteiger partial charge on any atom is -0.457 e. The van der Waals surface area contributed by atoms with Crippen LogP contribution in [0.1, 0.15) is 27.8 Å². The molecule has 0 aliphatic heterocycles. The van der Waals surface area contributed by atoms with Crippen molar-refractivity contribution in [2.45, 2.75) is 12.9 Å². The normalized spacial score (nSPS) is 11.9. The maximum absolute atomic E-state index is 11.9. The number of ether oxygens (including phenoxy) is 2. The van der Waals surface area contributed by atoms with Crippen LogP contribution in [0.5, 0.6) is 0 Å². The predicted octanol–water partition coefficient (Wildman–Crippen LogP) is 2.68. The molecular weight excluding hydrogens is 256 g/mol. The average molecular weight is 272 g/mol. The van der Waals surface area contributed by atoms with E-state index in [2.05, 4.69) is 0 Å². The molecule has 0 amide bonds. The van der Waals surface area contributed by atoms with Crippen molar-refractivity contribution in [3.05, 3.63) is 71.3 Å². The SMILES string of the molecule is COC(O)c1ccc(C(=O)OCc2ccccc2)cc1. The molecule has 0 heterocycles. The first kappa shape index (κ1) is 14.2. The van der Waals surface area contributed by atoms with Gasteiger partial charge in [-0.2, -0.15) is 0 Å². The highest BCUT2D eigenvalue weighted by atomic mass is 16.6. The number of carbonyl (C=O) groups excluding carboxylic acids is 1. The smallest absolute Gasteiger partial charge is 0.338 e. The molecule has 0 saturated heterocycles. The fraction of sp³-hybridized carbons (Fsp3) is 0.188. The molecule has 1 unspecified atom stereocenters. The van der Waals surface area contributed by atoms with Gasteiger partial charge < -0.3 is 14.6 Å². The average Bonchev–Trinajstić information content (AvgIpc) is 2.53. The van der Waals surface area contributed by atoms with Crippen LogP contribution < -0.4 is 0 Å². The molecule has 2 aromatic carbocycles. The second-order valence-electron chi connectivity index (χ2n) is 4.27. The van der Waals surface area contributed by atoms with Gasteiger partial charge in [-0.3, -0.25) is 0 Å². The van der Waals surface area contributed by atoms with Gasteiger partial charge in [-0.1, -0.05) is 42.5 Å². The third-order valence-corrected chi connectivity index (χ3v) is 2.87. The molecule has 104 valence electrons. The van der Waals surface area contributed by atoms with E-state index in [-0.39, 0.29) is 6.61 Å². The van der Waals surface area contributed by atoms with Gasteiger partial charge in [0.25, 0.3) is 0 Å². The standard InChI is InChI=1S/C16H16O4/c1-19-15(17)13-7-9-14(10-8-13)16(18)20-11-12-5-3-2-4-6-12/h2-10,15,17H,11H2,1H3. The van der Waals surface area contributed by atoms with Crippen LogP contribution in [-0.4, -0.2) is 18.2 Å². The van der Waals surface area contributed by atoms with Gasteiger partial charge in [-0.25, -0.2) is 4.79 Å². The summed E-state index contributed by atoms with van der Waals surface area (Å²) in [4.78, 5) is 11.9. The maximum atomic E-state index is 11.9. The summed E-state index contributed by atoms with van der Waals surface area (Å²) in [6.45, 7) is 0.238. The minimum absolute atomic E-state index is 0.238. The highest BCUT2D eigenvalue weighted by Crippen LogP contribution is 2.15. The highest BCUT2D eigenvalue weighted by molar-refractivity contribution is 5.89. The molecule has 0 spiro atoms. The van der Waals surface area contributed by atoms with Crippen molar-refractivity contribution >= 4 is 5.97 Å². The molecule has 0 aliphatic carbocycles. The van der Waals surface area contributed by atoms with E-state index >= 15 is 0 Å². The molecule has 1 atom stereocenters. The van der Waals surface area contributed by atoms with E-state index in [9.17, 15) is 9.90 Å². The number of esters is 1. The second kappa shape index (κ2) is 6.84. The van der Waals surface area contributed by atoms with Crippen molar-refractivity contribution in [3.8, 4) is 0 Å². The predicted molar refractivity (Wildman–Crippen MR) is 74.0 cm³/mol. The largest absolute Gasteiger partial charge is 0.457 e. The fourth-order valence-corrected chi connectivity index (χ4v) is 1.73. The fourth-order valence-electron chi connectivity index (χ4n) is 1.73. The summed E-state index contributed by atoms with van der Waals surface area (Å²) in [6.07, 6.45) is -0.982. The molecule has 0 aromatic heterocycles. The summed E-state index contributed by atoms with van der Waals surface area (Å²) in [5.74, 6) is -0.396. The lowest BCUT2D eigenvalue weighted by atomic mass is 10.1. The van der Waals surface area contributed by atoms with Crippen LogP contribution in [0.15, 0.2) is 54.6 Å². The quantitative estimate of drug-likeness (QED) is 0.671. The van der Waals surface area contributed by atoms with E-state index in [0.29, 0.717) is 11.1 Å². The molecule has 1 N–H and O–H groups in total.